The third kappa shape index (κ3) is 4.36. The molecule has 118 valence electrons. The summed E-state index contributed by atoms with van der Waals surface area (Å²) >= 11 is 3.44. The molecule has 1 aromatic rings. The van der Waals surface area contributed by atoms with Gasteiger partial charge in [-0.1, -0.05) is 15.9 Å². The molecule has 0 radical (unpaired) electrons. The number of hydrogen-bond acceptors (Lipinski definition) is 2. The summed E-state index contributed by atoms with van der Waals surface area (Å²) in [6, 6.07) is 5.92. The summed E-state index contributed by atoms with van der Waals surface area (Å²) in [5.41, 5.74) is 7.97. The molecule has 0 bridgehead atoms. The Morgan fingerprint density at radius 1 is 1.33 bits per heavy atom. The minimum absolute atomic E-state index is 0.0192. The van der Waals surface area contributed by atoms with Crippen molar-refractivity contribution < 1.29 is 13.2 Å². The highest BCUT2D eigenvalue weighted by atomic mass is 79.9. The second-order valence-electron chi connectivity index (χ2n) is 5.76. The highest BCUT2D eigenvalue weighted by Crippen LogP contribution is 2.36. The van der Waals surface area contributed by atoms with E-state index in [0.29, 0.717) is 19.5 Å². The zero-order valence-corrected chi connectivity index (χ0v) is 13.5. The number of nitrogens with two attached hydrogens (primary N) is 1. The highest BCUT2D eigenvalue weighted by molar-refractivity contribution is 9.10. The number of rotatable bonds is 3. The molecular formula is C15H20BrF3N2. The number of benzene rings is 1. The predicted octanol–water partition coefficient (Wildman–Crippen LogP) is 4.12. The number of hydrogen-bond donors (Lipinski definition) is 1. The minimum atomic E-state index is -4.07. The van der Waals surface area contributed by atoms with Crippen LogP contribution in [-0.4, -0.2) is 25.3 Å². The van der Waals surface area contributed by atoms with Crippen LogP contribution in [0.4, 0.5) is 18.9 Å². The van der Waals surface area contributed by atoms with Crippen LogP contribution in [0.5, 0.6) is 0 Å². The smallest absolute Gasteiger partial charge is 0.371 e. The predicted molar refractivity (Wildman–Crippen MR) is 82.5 cm³/mol. The molecule has 2 nitrogen and oxygen atoms in total. The van der Waals surface area contributed by atoms with E-state index in [-0.39, 0.29) is 18.9 Å². The van der Waals surface area contributed by atoms with E-state index < -0.39 is 12.1 Å². The van der Waals surface area contributed by atoms with Crippen molar-refractivity contribution in [3.8, 4) is 0 Å². The van der Waals surface area contributed by atoms with Gasteiger partial charge < -0.3 is 10.6 Å². The Balaban J connectivity index is 2.13. The van der Waals surface area contributed by atoms with Gasteiger partial charge in [-0.25, -0.2) is 0 Å². The molecule has 1 unspecified atom stereocenters. The van der Waals surface area contributed by atoms with Gasteiger partial charge >= 0.3 is 6.18 Å². The van der Waals surface area contributed by atoms with Gasteiger partial charge in [0.15, 0.2) is 0 Å². The Hall–Kier alpha value is -0.750. The number of piperidine rings is 1. The molecular weight excluding hydrogens is 345 g/mol. The minimum Gasteiger partial charge on any atom is -0.371 e. The summed E-state index contributed by atoms with van der Waals surface area (Å²) in [6.07, 6.45) is -3.03. The highest BCUT2D eigenvalue weighted by Gasteiger charge is 2.41. The second kappa shape index (κ2) is 6.57. The molecule has 1 fully saturated rings. The van der Waals surface area contributed by atoms with Crippen molar-refractivity contribution in [2.75, 3.05) is 18.0 Å². The molecule has 0 amide bonds. The zero-order valence-electron chi connectivity index (χ0n) is 12.0. The Morgan fingerprint density at radius 3 is 2.48 bits per heavy atom. The first kappa shape index (κ1) is 16.6. The lowest BCUT2D eigenvalue weighted by molar-refractivity contribution is -0.179. The quantitative estimate of drug-likeness (QED) is 0.873. The van der Waals surface area contributed by atoms with E-state index in [0.717, 1.165) is 15.7 Å². The van der Waals surface area contributed by atoms with Gasteiger partial charge in [0.25, 0.3) is 0 Å². The van der Waals surface area contributed by atoms with Gasteiger partial charge in [0.2, 0.25) is 0 Å². The fraction of sp³-hybridized carbons (Fsp3) is 0.600. The molecule has 0 aliphatic carbocycles. The molecule has 1 saturated heterocycles. The van der Waals surface area contributed by atoms with Crippen LogP contribution < -0.4 is 10.6 Å². The van der Waals surface area contributed by atoms with Crippen molar-refractivity contribution in [3.05, 3.63) is 28.2 Å². The largest absolute Gasteiger partial charge is 0.391 e. The lowest BCUT2D eigenvalue weighted by atomic mass is 9.95. The van der Waals surface area contributed by atoms with Crippen LogP contribution in [0, 0.1) is 5.92 Å². The van der Waals surface area contributed by atoms with E-state index in [4.69, 9.17) is 5.73 Å². The molecule has 1 aliphatic rings. The lowest BCUT2D eigenvalue weighted by Crippen LogP contribution is -2.39. The van der Waals surface area contributed by atoms with Crippen LogP contribution in [0.1, 0.15) is 25.3 Å². The molecule has 1 heterocycles. The Labute approximate surface area is 131 Å². The van der Waals surface area contributed by atoms with Gasteiger partial charge in [0.1, 0.15) is 0 Å². The first-order valence-electron chi connectivity index (χ1n) is 7.13. The number of anilines is 1. The van der Waals surface area contributed by atoms with Crippen molar-refractivity contribution in [1.82, 2.24) is 0 Å². The summed E-state index contributed by atoms with van der Waals surface area (Å²) in [5.74, 6) is -1.17. The molecule has 2 rings (SSSR count). The van der Waals surface area contributed by atoms with Gasteiger partial charge in [-0.3, -0.25) is 0 Å². The number of alkyl halides is 3. The first-order valence-corrected chi connectivity index (χ1v) is 7.92. The van der Waals surface area contributed by atoms with Crippen molar-refractivity contribution in [2.45, 2.75) is 38.4 Å². The van der Waals surface area contributed by atoms with Crippen LogP contribution in [0.3, 0.4) is 0 Å². The Morgan fingerprint density at radius 2 is 1.95 bits per heavy atom. The molecule has 0 spiro atoms. The van der Waals surface area contributed by atoms with Crippen LogP contribution in [0.15, 0.2) is 22.7 Å². The van der Waals surface area contributed by atoms with Crippen LogP contribution >= 0.6 is 15.9 Å². The number of halogens is 4. The molecule has 21 heavy (non-hydrogen) atoms. The molecule has 6 heteroatoms. The fourth-order valence-corrected chi connectivity index (χ4v) is 3.23. The fourth-order valence-electron chi connectivity index (χ4n) is 2.82. The van der Waals surface area contributed by atoms with E-state index in [9.17, 15) is 13.2 Å². The van der Waals surface area contributed by atoms with Gasteiger partial charge in [-0.2, -0.15) is 13.2 Å². The van der Waals surface area contributed by atoms with Crippen molar-refractivity contribution >= 4 is 21.6 Å². The maximum absolute atomic E-state index is 12.7. The molecule has 1 atom stereocenters. The Kier molecular flexibility index (Phi) is 5.20. The monoisotopic (exact) mass is 364 g/mol. The maximum atomic E-state index is 12.7. The van der Waals surface area contributed by atoms with Gasteiger partial charge in [-0.15, -0.1) is 0 Å². The van der Waals surface area contributed by atoms with Crippen LogP contribution in [0.25, 0.3) is 0 Å². The summed E-state index contributed by atoms with van der Waals surface area (Å²) in [7, 11) is 0. The molecule has 0 saturated carbocycles. The van der Waals surface area contributed by atoms with Crippen molar-refractivity contribution in [1.29, 1.82) is 0 Å². The van der Waals surface area contributed by atoms with E-state index in [2.05, 4.69) is 15.9 Å². The lowest BCUT2D eigenvalue weighted by Gasteiger charge is -2.35. The summed E-state index contributed by atoms with van der Waals surface area (Å²) < 4.78 is 39.2. The summed E-state index contributed by atoms with van der Waals surface area (Å²) in [6.45, 7) is 2.82. The van der Waals surface area contributed by atoms with Gasteiger partial charge in [0.05, 0.1) is 5.92 Å². The normalized spacial score (nSPS) is 18.9. The zero-order chi connectivity index (χ0) is 15.6. The van der Waals surface area contributed by atoms with E-state index in [1.807, 2.05) is 30.0 Å². The van der Waals surface area contributed by atoms with Gasteiger partial charge in [0, 0.05) is 29.3 Å². The first-order chi connectivity index (χ1) is 9.77. The SMILES string of the molecule is CC(N)Cc1cc(Br)ccc1N1CCC(C(F)(F)F)CC1. The van der Waals surface area contributed by atoms with Crippen LogP contribution in [-0.2, 0) is 6.42 Å². The van der Waals surface area contributed by atoms with E-state index in [1.54, 1.807) is 0 Å². The standard InChI is InChI=1S/C15H20BrF3N2/c1-10(20)8-11-9-13(16)2-3-14(11)21-6-4-12(5-7-21)15(17,18)19/h2-3,9-10,12H,4-8,20H2,1H3. The average Bonchev–Trinajstić information content (AvgIpc) is 2.37. The molecule has 2 N–H and O–H groups in total. The van der Waals surface area contributed by atoms with Crippen molar-refractivity contribution in [3.63, 3.8) is 0 Å². The molecule has 1 aliphatic heterocycles. The Bertz CT molecular complexity index is 480. The van der Waals surface area contributed by atoms with Crippen molar-refractivity contribution in [2.24, 2.45) is 11.7 Å². The average molecular weight is 365 g/mol. The van der Waals surface area contributed by atoms with Gasteiger partial charge in [-0.05, 0) is 49.9 Å². The third-order valence-corrected chi connectivity index (χ3v) is 4.38. The summed E-state index contributed by atoms with van der Waals surface area (Å²) in [5, 5.41) is 0. The maximum Gasteiger partial charge on any atom is 0.391 e. The number of nitrogens with zero attached hydrogens (tertiary/aromatic N) is 1. The van der Waals surface area contributed by atoms with Crippen LogP contribution in [0.2, 0.25) is 0 Å². The van der Waals surface area contributed by atoms with E-state index >= 15 is 0 Å². The van der Waals surface area contributed by atoms with E-state index in [1.165, 1.54) is 0 Å². The molecule has 1 aromatic carbocycles. The molecule has 0 aromatic heterocycles. The second-order valence-corrected chi connectivity index (χ2v) is 6.67. The summed E-state index contributed by atoms with van der Waals surface area (Å²) in [4.78, 5) is 2.05. The third-order valence-electron chi connectivity index (χ3n) is 3.88. The topological polar surface area (TPSA) is 29.3 Å².